The summed E-state index contributed by atoms with van der Waals surface area (Å²) >= 11 is 0. The normalized spacial score (nSPS) is 11.4. The first-order valence-electron chi connectivity index (χ1n) is 12.7. The summed E-state index contributed by atoms with van der Waals surface area (Å²) in [5.41, 5.74) is 5.06. The first-order chi connectivity index (χ1) is 19.8. The Morgan fingerprint density at radius 2 is 1.00 bits per heavy atom. The number of nitrogens with zero attached hydrogens (tertiary/aromatic N) is 9. The van der Waals surface area contributed by atoms with Gasteiger partial charge in [-0.25, -0.2) is 15.0 Å². The van der Waals surface area contributed by atoms with Gasteiger partial charge in [-0.15, -0.1) is 0 Å². The van der Waals surface area contributed by atoms with Gasteiger partial charge in [-0.1, -0.05) is 48.5 Å². The summed E-state index contributed by atoms with van der Waals surface area (Å²) in [7, 11) is 0. The Balaban J connectivity index is 0.00000144. The van der Waals surface area contributed by atoms with Crippen molar-refractivity contribution < 1.29 is 22.1 Å². The topological polar surface area (TPSA) is 133 Å². The van der Waals surface area contributed by atoms with Crippen LogP contribution >= 0.6 is 0 Å². The van der Waals surface area contributed by atoms with E-state index in [1.54, 1.807) is 6.20 Å². The van der Waals surface area contributed by atoms with Gasteiger partial charge in [0.15, 0.2) is 12.0 Å². The molecule has 0 saturated heterocycles. The van der Waals surface area contributed by atoms with Crippen LogP contribution in [0.5, 0.6) is 0 Å². The molecule has 0 atom stereocenters. The molecule has 0 amide bonds. The molecule has 205 valence electrons. The zero-order chi connectivity index (χ0) is 26.2. The van der Waals surface area contributed by atoms with Crippen molar-refractivity contribution in [3.8, 4) is 45.8 Å². The van der Waals surface area contributed by atoms with Gasteiger partial charge in [0.05, 0.1) is 17.2 Å². The minimum Gasteiger partial charge on any atom is -0.358 e. The number of aromatic amines is 1. The summed E-state index contributed by atoms with van der Waals surface area (Å²) in [6, 6.07) is 23.4. The molecular formula is C31H18CuN10-2. The smallest absolute Gasteiger partial charge is 0.242 e. The van der Waals surface area contributed by atoms with Gasteiger partial charge in [-0.3, -0.25) is 4.98 Å². The van der Waals surface area contributed by atoms with E-state index < -0.39 is 0 Å². The molecule has 0 spiro atoms. The Kier molecular flexibility index (Phi) is 5.86. The second-order valence-corrected chi connectivity index (χ2v) is 9.43. The second kappa shape index (κ2) is 9.62. The van der Waals surface area contributed by atoms with E-state index in [9.17, 15) is 0 Å². The maximum Gasteiger partial charge on any atom is 0.242 e. The van der Waals surface area contributed by atoms with Crippen molar-refractivity contribution in [2.75, 3.05) is 0 Å². The molecule has 2 aromatic carbocycles. The maximum absolute atomic E-state index is 4.92. The minimum absolute atomic E-state index is 0. The number of nitrogens with one attached hydrogen (secondary N) is 1. The van der Waals surface area contributed by atoms with Crippen molar-refractivity contribution in [3.63, 3.8) is 0 Å². The molecule has 0 aliphatic carbocycles. The molecule has 9 rings (SSSR count). The van der Waals surface area contributed by atoms with E-state index in [-0.39, 0.29) is 24.5 Å². The van der Waals surface area contributed by atoms with Crippen molar-refractivity contribution in [2.45, 2.75) is 0 Å². The molecular weight excluding hydrogens is 576 g/mol. The molecule has 10 nitrogen and oxygen atoms in total. The average Bonchev–Trinajstić information content (AvgIpc) is 3.73. The van der Waals surface area contributed by atoms with E-state index >= 15 is 0 Å². The van der Waals surface area contributed by atoms with Crippen molar-refractivity contribution >= 4 is 44.1 Å². The number of rotatable bonds is 0. The zero-order valence-corrected chi connectivity index (χ0v) is 22.9. The summed E-state index contributed by atoms with van der Waals surface area (Å²) in [5, 5.41) is 3.45. The summed E-state index contributed by atoms with van der Waals surface area (Å²) in [6.45, 7) is 0. The van der Waals surface area contributed by atoms with Gasteiger partial charge in [0, 0.05) is 57.5 Å². The number of benzene rings is 2. The molecule has 42 heavy (non-hydrogen) atoms. The van der Waals surface area contributed by atoms with E-state index in [1.807, 2.05) is 79.0 Å². The Hall–Kier alpha value is -5.38. The molecule has 8 bridgehead atoms. The monoisotopic (exact) mass is 593 g/mol. The SMILES string of the molecule is [CH3-].[Cu].c1cnc2c(c1)-c1nc-2nc2[n-]c(nc3nc(nc4[n-]c(n1)c1ccccc41)-c1ccc[nH+]c1-3)c1ccccc21. The molecule has 11 heteroatoms. The number of H-pyrrole nitrogens is 1. The molecule has 7 aromatic rings. The Morgan fingerprint density at radius 1 is 0.500 bits per heavy atom. The molecule has 1 radical (unpaired) electrons. The van der Waals surface area contributed by atoms with Crippen LogP contribution in [0.15, 0.2) is 85.2 Å². The van der Waals surface area contributed by atoms with Crippen molar-refractivity contribution in [2.24, 2.45) is 0 Å². The fourth-order valence-electron chi connectivity index (χ4n) is 5.26. The van der Waals surface area contributed by atoms with Crippen LogP contribution in [0.4, 0.5) is 0 Å². The third-order valence-corrected chi connectivity index (χ3v) is 7.09. The van der Waals surface area contributed by atoms with Crippen molar-refractivity contribution in [1.29, 1.82) is 0 Å². The van der Waals surface area contributed by atoms with Crippen LogP contribution in [0.25, 0.3) is 89.9 Å². The Morgan fingerprint density at radius 3 is 1.62 bits per heavy atom. The van der Waals surface area contributed by atoms with Crippen LogP contribution in [0.3, 0.4) is 0 Å². The quantitative estimate of drug-likeness (QED) is 0.180. The van der Waals surface area contributed by atoms with Crippen LogP contribution in [0.2, 0.25) is 0 Å². The van der Waals surface area contributed by atoms with E-state index in [4.69, 9.17) is 39.9 Å². The van der Waals surface area contributed by atoms with Crippen LogP contribution in [0.1, 0.15) is 0 Å². The largest absolute Gasteiger partial charge is 0.358 e. The third kappa shape index (κ3) is 3.72. The first kappa shape index (κ1) is 25.6. The zero-order valence-electron chi connectivity index (χ0n) is 21.9. The summed E-state index contributed by atoms with van der Waals surface area (Å²) in [4.78, 5) is 46.8. The molecule has 7 heterocycles. The van der Waals surface area contributed by atoms with Gasteiger partial charge >= 0.3 is 0 Å². The molecule has 0 fully saturated rings. The molecule has 1 N–H and O–H groups in total. The fraction of sp³-hybridized carbons (Fsp3) is 0. The van der Waals surface area contributed by atoms with Gasteiger partial charge in [0.1, 0.15) is 11.5 Å². The van der Waals surface area contributed by atoms with Crippen LogP contribution in [0, 0.1) is 7.43 Å². The average molecular weight is 594 g/mol. The number of fused-ring (bicyclic) bond motifs is 20. The maximum atomic E-state index is 4.92. The van der Waals surface area contributed by atoms with Crippen LogP contribution in [-0.2, 0) is 17.1 Å². The molecule has 2 aliphatic rings. The second-order valence-electron chi connectivity index (χ2n) is 9.43. The van der Waals surface area contributed by atoms with E-state index in [1.165, 1.54) is 0 Å². The molecule has 5 aromatic heterocycles. The fourth-order valence-corrected chi connectivity index (χ4v) is 5.26. The third-order valence-electron chi connectivity index (χ3n) is 7.09. The predicted molar refractivity (Wildman–Crippen MR) is 155 cm³/mol. The van der Waals surface area contributed by atoms with Gasteiger partial charge in [0.25, 0.3) is 0 Å². The summed E-state index contributed by atoms with van der Waals surface area (Å²) in [6.07, 6.45) is 3.57. The first-order valence-corrected chi connectivity index (χ1v) is 12.7. The number of pyridine rings is 2. The minimum atomic E-state index is 0. The number of aromatic nitrogens is 10. The number of hydrogen-bond donors (Lipinski definition) is 0. The van der Waals surface area contributed by atoms with E-state index in [2.05, 4.69) is 9.97 Å². The molecule has 0 unspecified atom stereocenters. The van der Waals surface area contributed by atoms with Crippen LogP contribution in [-0.4, -0.2) is 34.9 Å². The van der Waals surface area contributed by atoms with Gasteiger partial charge < -0.3 is 37.3 Å². The molecule has 0 saturated carbocycles. The van der Waals surface area contributed by atoms with E-state index in [0.717, 1.165) is 38.4 Å². The Bertz CT molecular complexity index is 2040. The van der Waals surface area contributed by atoms with Crippen molar-refractivity contribution in [3.05, 3.63) is 92.6 Å². The Labute approximate surface area is 248 Å². The van der Waals surface area contributed by atoms with E-state index in [0.29, 0.717) is 51.6 Å². The van der Waals surface area contributed by atoms with Crippen molar-refractivity contribution in [1.82, 2.24) is 44.9 Å². The molecule has 2 aliphatic heterocycles. The van der Waals surface area contributed by atoms with Gasteiger partial charge in [-0.05, 0) is 39.7 Å². The van der Waals surface area contributed by atoms with Crippen LogP contribution < -0.4 is 15.0 Å². The summed E-state index contributed by atoms with van der Waals surface area (Å²) in [5.74, 6) is 1.91. The predicted octanol–water partition coefficient (Wildman–Crippen LogP) is 4.78. The van der Waals surface area contributed by atoms with Gasteiger partial charge in [0.2, 0.25) is 5.69 Å². The number of hydrogen-bond acceptors (Lipinski definition) is 7. The summed E-state index contributed by atoms with van der Waals surface area (Å²) < 4.78 is 0. The standard InChI is InChI=1S/C30H14N10.CH3.Cu/c1-2-8-16-15(7-1)23-33-24(16)36-28-20-12-6-14-32-22(20)30(40-28)38-26-18-10-4-3-9-17(18)25(34-26)37-29-21-19(11-5-13-31-21)27(35-23)39-29;;/h1-14H;1H3;/q-2;-1;/p+1. The van der Waals surface area contributed by atoms with Gasteiger partial charge in [-0.2, -0.15) is 0 Å².